The second-order valence-corrected chi connectivity index (χ2v) is 6.74. The summed E-state index contributed by atoms with van der Waals surface area (Å²) in [6, 6.07) is 5.87. The molecule has 0 aromatic heterocycles. The van der Waals surface area contributed by atoms with Crippen LogP contribution in [0.3, 0.4) is 0 Å². The first-order valence-electron chi connectivity index (χ1n) is 6.11. The molecule has 1 N–H and O–H groups in total. The molecule has 1 aromatic carbocycles. The number of hydrogen-bond donors (Lipinski definition) is 1. The Kier molecular flexibility index (Phi) is 3.92. The molecule has 100 valence electrons. The Morgan fingerprint density at radius 3 is 2.78 bits per heavy atom. The van der Waals surface area contributed by atoms with E-state index in [1.54, 1.807) is 12.1 Å². The van der Waals surface area contributed by atoms with Crippen molar-refractivity contribution in [2.45, 2.75) is 30.2 Å². The number of hydrogen-bond acceptors (Lipinski definition) is 4. The molecule has 5 heteroatoms. The van der Waals surface area contributed by atoms with Gasteiger partial charge < -0.3 is 10.1 Å². The second-order valence-electron chi connectivity index (χ2n) is 4.75. The minimum atomic E-state index is -3.25. The van der Waals surface area contributed by atoms with Crippen molar-refractivity contribution in [3.05, 3.63) is 23.8 Å². The highest BCUT2D eigenvalue weighted by Gasteiger charge is 2.18. The summed E-state index contributed by atoms with van der Waals surface area (Å²) < 4.78 is 28.5. The molecule has 0 radical (unpaired) electrons. The van der Waals surface area contributed by atoms with Crippen LogP contribution in [-0.4, -0.2) is 34.4 Å². The summed E-state index contributed by atoms with van der Waals surface area (Å²) >= 11 is 0. The molecule has 1 fully saturated rings. The number of rotatable bonds is 4. The summed E-state index contributed by atoms with van der Waals surface area (Å²) in [6.45, 7) is 1.06. The van der Waals surface area contributed by atoms with Crippen LogP contribution in [0.5, 0.6) is 5.75 Å². The molecule has 0 amide bonds. The Morgan fingerprint density at radius 2 is 2.22 bits per heavy atom. The van der Waals surface area contributed by atoms with Gasteiger partial charge in [-0.3, -0.25) is 0 Å². The maximum absolute atomic E-state index is 11.7. The first kappa shape index (κ1) is 13.4. The highest BCUT2D eigenvalue weighted by atomic mass is 32.2. The number of methoxy groups -OCH3 is 1. The Bertz CT molecular complexity index is 519. The smallest absolute Gasteiger partial charge is 0.179 e. The zero-order chi connectivity index (χ0) is 13.2. The first-order valence-corrected chi connectivity index (χ1v) is 8.00. The van der Waals surface area contributed by atoms with Crippen LogP contribution in [0, 0.1) is 0 Å². The fourth-order valence-electron chi connectivity index (χ4n) is 2.35. The maximum atomic E-state index is 11.7. The molecule has 0 spiro atoms. The molecular formula is C13H19NO3S. The van der Waals surface area contributed by atoms with E-state index >= 15 is 0 Å². The molecule has 1 aliphatic heterocycles. The number of ether oxygens (including phenoxy) is 1. The summed E-state index contributed by atoms with van der Waals surface area (Å²) in [5.41, 5.74) is 1.04. The summed E-state index contributed by atoms with van der Waals surface area (Å²) in [5, 5.41) is 3.41. The Labute approximate surface area is 108 Å². The van der Waals surface area contributed by atoms with Gasteiger partial charge in [0.1, 0.15) is 10.6 Å². The van der Waals surface area contributed by atoms with Crippen molar-refractivity contribution in [2.75, 3.05) is 19.9 Å². The van der Waals surface area contributed by atoms with E-state index in [2.05, 4.69) is 5.32 Å². The van der Waals surface area contributed by atoms with E-state index < -0.39 is 9.84 Å². The van der Waals surface area contributed by atoms with Crippen molar-refractivity contribution < 1.29 is 13.2 Å². The van der Waals surface area contributed by atoms with E-state index in [4.69, 9.17) is 4.74 Å². The molecule has 0 saturated carbocycles. The summed E-state index contributed by atoms with van der Waals surface area (Å²) in [5.74, 6) is 0.417. The SMILES string of the molecule is COc1ccc(CC2CCCN2)cc1S(C)(=O)=O. The normalized spacial score (nSPS) is 20.0. The third-order valence-electron chi connectivity index (χ3n) is 3.27. The van der Waals surface area contributed by atoms with Crippen LogP contribution in [0.4, 0.5) is 0 Å². The molecule has 1 saturated heterocycles. The van der Waals surface area contributed by atoms with Crippen LogP contribution in [0.15, 0.2) is 23.1 Å². The van der Waals surface area contributed by atoms with Crippen molar-refractivity contribution in [1.82, 2.24) is 5.32 Å². The minimum absolute atomic E-state index is 0.278. The van der Waals surface area contributed by atoms with Crippen LogP contribution in [0.1, 0.15) is 18.4 Å². The topological polar surface area (TPSA) is 55.4 Å². The first-order chi connectivity index (χ1) is 8.50. The van der Waals surface area contributed by atoms with Crippen molar-refractivity contribution >= 4 is 9.84 Å². The van der Waals surface area contributed by atoms with Gasteiger partial charge >= 0.3 is 0 Å². The van der Waals surface area contributed by atoms with Crippen LogP contribution in [0.2, 0.25) is 0 Å². The van der Waals surface area contributed by atoms with Gasteiger partial charge in [-0.05, 0) is 43.5 Å². The summed E-state index contributed by atoms with van der Waals surface area (Å²) in [4.78, 5) is 0.278. The Morgan fingerprint density at radius 1 is 1.44 bits per heavy atom. The molecular weight excluding hydrogens is 250 g/mol. The Balaban J connectivity index is 2.27. The van der Waals surface area contributed by atoms with Gasteiger partial charge in [-0.1, -0.05) is 6.07 Å². The molecule has 1 aliphatic rings. The monoisotopic (exact) mass is 269 g/mol. The van der Waals surface area contributed by atoms with Gasteiger partial charge in [-0.15, -0.1) is 0 Å². The lowest BCUT2D eigenvalue weighted by atomic mass is 10.0. The van der Waals surface area contributed by atoms with Gasteiger partial charge in [-0.2, -0.15) is 0 Å². The van der Waals surface area contributed by atoms with Gasteiger partial charge in [0.05, 0.1) is 7.11 Å². The quantitative estimate of drug-likeness (QED) is 0.897. The summed E-state index contributed by atoms with van der Waals surface area (Å²) in [6.07, 6.45) is 4.43. The van der Waals surface area contributed by atoms with E-state index in [0.717, 1.165) is 24.9 Å². The van der Waals surface area contributed by atoms with E-state index in [0.29, 0.717) is 11.8 Å². The van der Waals surface area contributed by atoms with Crippen molar-refractivity contribution in [1.29, 1.82) is 0 Å². The molecule has 0 bridgehead atoms. The average Bonchev–Trinajstić information content (AvgIpc) is 2.80. The van der Waals surface area contributed by atoms with E-state index in [1.165, 1.54) is 19.8 Å². The molecule has 1 atom stereocenters. The van der Waals surface area contributed by atoms with E-state index in [9.17, 15) is 8.42 Å². The van der Waals surface area contributed by atoms with Gasteiger partial charge in [0.2, 0.25) is 0 Å². The lowest BCUT2D eigenvalue weighted by Crippen LogP contribution is -2.23. The minimum Gasteiger partial charge on any atom is -0.495 e. The highest BCUT2D eigenvalue weighted by molar-refractivity contribution is 7.90. The van der Waals surface area contributed by atoms with Crippen molar-refractivity contribution in [3.8, 4) is 5.75 Å². The van der Waals surface area contributed by atoms with Crippen LogP contribution in [0.25, 0.3) is 0 Å². The van der Waals surface area contributed by atoms with Gasteiger partial charge in [0.15, 0.2) is 9.84 Å². The number of benzene rings is 1. The number of nitrogens with one attached hydrogen (secondary N) is 1. The van der Waals surface area contributed by atoms with Crippen molar-refractivity contribution in [2.24, 2.45) is 0 Å². The predicted molar refractivity (Wildman–Crippen MR) is 70.8 cm³/mol. The lowest BCUT2D eigenvalue weighted by molar-refractivity contribution is 0.402. The van der Waals surface area contributed by atoms with Crippen molar-refractivity contribution in [3.63, 3.8) is 0 Å². The lowest BCUT2D eigenvalue weighted by Gasteiger charge is -2.13. The molecule has 1 heterocycles. The predicted octanol–water partition coefficient (Wildman–Crippen LogP) is 1.39. The zero-order valence-corrected chi connectivity index (χ0v) is 11.6. The number of sulfone groups is 1. The van der Waals surface area contributed by atoms with E-state index in [1.807, 2.05) is 6.07 Å². The molecule has 2 rings (SSSR count). The zero-order valence-electron chi connectivity index (χ0n) is 10.8. The fourth-order valence-corrected chi connectivity index (χ4v) is 3.24. The van der Waals surface area contributed by atoms with Gasteiger partial charge in [-0.25, -0.2) is 8.42 Å². The molecule has 1 aromatic rings. The molecule has 1 unspecified atom stereocenters. The van der Waals surface area contributed by atoms with Crippen LogP contribution in [-0.2, 0) is 16.3 Å². The molecule has 18 heavy (non-hydrogen) atoms. The second kappa shape index (κ2) is 5.28. The van der Waals surface area contributed by atoms with Crippen LogP contribution >= 0.6 is 0 Å². The van der Waals surface area contributed by atoms with E-state index in [-0.39, 0.29) is 4.90 Å². The van der Waals surface area contributed by atoms with Gasteiger partial charge in [0, 0.05) is 12.3 Å². The third kappa shape index (κ3) is 3.03. The van der Waals surface area contributed by atoms with Crippen LogP contribution < -0.4 is 10.1 Å². The largest absolute Gasteiger partial charge is 0.495 e. The maximum Gasteiger partial charge on any atom is 0.179 e. The fraction of sp³-hybridized carbons (Fsp3) is 0.538. The summed E-state index contributed by atoms with van der Waals surface area (Å²) in [7, 11) is -1.76. The van der Waals surface area contributed by atoms with Gasteiger partial charge in [0.25, 0.3) is 0 Å². The standard InChI is InChI=1S/C13H19NO3S/c1-17-12-6-5-10(8-11-4-3-7-14-11)9-13(12)18(2,15)16/h5-6,9,11,14H,3-4,7-8H2,1-2H3. The molecule has 0 aliphatic carbocycles. The average molecular weight is 269 g/mol. The molecule has 4 nitrogen and oxygen atoms in total. The Hall–Kier alpha value is -1.07. The third-order valence-corrected chi connectivity index (χ3v) is 4.39. The highest BCUT2D eigenvalue weighted by Crippen LogP contribution is 2.26.